The molecule has 0 aromatic carbocycles. The van der Waals surface area contributed by atoms with Crippen molar-refractivity contribution < 1.29 is 0 Å². The van der Waals surface area contributed by atoms with Gasteiger partial charge in [-0.25, -0.2) is 0 Å². The first-order chi connectivity index (χ1) is 4.36. The molecule has 0 aliphatic rings. The third kappa shape index (κ3) is 3.31. The van der Waals surface area contributed by atoms with Crippen molar-refractivity contribution in [2.75, 3.05) is 0 Å². The van der Waals surface area contributed by atoms with Gasteiger partial charge in [-0.1, -0.05) is 39.9 Å². The summed E-state index contributed by atoms with van der Waals surface area (Å²) in [6.07, 6.45) is 1.20. The zero-order chi connectivity index (χ0) is 8.36. The molecule has 0 saturated carbocycles. The van der Waals surface area contributed by atoms with Crippen molar-refractivity contribution in [2.24, 2.45) is 11.3 Å². The van der Waals surface area contributed by atoms with E-state index in [9.17, 15) is 0 Å². The van der Waals surface area contributed by atoms with Crippen LogP contribution in [0.25, 0.3) is 0 Å². The Hall–Kier alpha value is 0.0900. The Kier molecular flexibility index (Phi) is 3.50. The molecule has 0 heterocycles. The van der Waals surface area contributed by atoms with Crippen LogP contribution in [0.15, 0.2) is 0 Å². The molecule has 0 aliphatic heterocycles. The van der Waals surface area contributed by atoms with Crippen molar-refractivity contribution in [2.45, 2.75) is 41.0 Å². The van der Waals surface area contributed by atoms with Gasteiger partial charge in [-0.05, 0) is 29.5 Å². The fourth-order valence-electron chi connectivity index (χ4n) is 1.16. The van der Waals surface area contributed by atoms with Crippen LogP contribution >= 0.6 is 12.2 Å². The van der Waals surface area contributed by atoms with Gasteiger partial charge in [-0.15, -0.1) is 0 Å². The first kappa shape index (κ1) is 10.1. The van der Waals surface area contributed by atoms with Gasteiger partial charge in [0.1, 0.15) is 0 Å². The van der Waals surface area contributed by atoms with Crippen LogP contribution in [-0.4, -0.2) is 4.86 Å². The molecule has 60 valence electrons. The topological polar surface area (TPSA) is 0 Å². The normalized spacial score (nSPS) is 12.2. The molecule has 0 saturated heterocycles. The molecule has 0 bridgehead atoms. The van der Waals surface area contributed by atoms with Gasteiger partial charge < -0.3 is 0 Å². The van der Waals surface area contributed by atoms with Gasteiger partial charge in [0.25, 0.3) is 0 Å². The van der Waals surface area contributed by atoms with E-state index < -0.39 is 0 Å². The maximum atomic E-state index is 5.15. The Morgan fingerprint density at radius 2 is 1.80 bits per heavy atom. The second-order valence-corrected chi connectivity index (χ2v) is 4.65. The molecule has 0 fully saturated rings. The third-order valence-electron chi connectivity index (χ3n) is 1.87. The highest BCUT2D eigenvalue weighted by molar-refractivity contribution is 7.80. The summed E-state index contributed by atoms with van der Waals surface area (Å²) in [6, 6.07) is 0. The zero-order valence-electron chi connectivity index (χ0n) is 7.69. The summed E-state index contributed by atoms with van der Waals surface area (Å²) in [5, 5.41) is 0. The summed E-state index contributed by atoms with van der Waals surface area (Å²) in [7, 11) is 0. The van der Waals surface area contributed by atoms with Crippen LogP contribution in [-0.2, 0) is 0 Å². The highest BCUT2D eigenvalue weighted by Gasteiger charge is 2.20. The van der Waals surface area contributed by atoms with E-state index in [1.165, 1.54) is 6.42 Å². The summed E-state index contributed by atoms with van der Waals surface area (Å²) < 4.78 is 0. The van der Waals surface area contributed by atoms with Crippen LogP contribution in [0.3, 0.4) is 0 Å². The fourth-order valence-corrected chi connectivity index (χ4v) is 1.25. The molecular formula is C9H18S. The Bertz CT molecular complexity index is 123. The van der Waals surface area contributed by atoms with Crippen LogP contribution < -0.4 is 0 Å². The fraction of sp³-hybridized carbons (Fsp3) is 0.889. The van der Waals surface area contributed by atoms with Gasteiger partial charge in [0, 0.05) is 0 Å². The molecule has 0 spiro atoms. The zero-order valence-corrected chi connectivity index (χ0v) is 8.51. The molecule has 0 amide bonds. The molecule has 0 unspecified atom stereocenters. The smallest absolute Gasteiger partial charge is 0.00403 e. The molecule has 0 nitrogen and oxygen atoms in total. The van der Waals surface area contributed by atoms with E-state index in [2.05, 4.69) is 27.7 Å². The van der Waals surface area contributed by atoms with Crippen molar-refractivity contribution in [1.29, 1.82) is 0 Å². The van der Waals surface area contributed by atoms with E-state index in [-0.39, 0.29) is 5.41 Å². The lowest BCUT2D eigenvalue weighted by Crippen LogP contribution is -2.21. The SMILES string of the molecule is CC(=S)C(C)(C)CC(C)C. The van der Waals surface area contributed by atoms with Crippen LogP contribution in [0.4, 0.5) is 0 Å². The maximum Gasteiger partial charge on any atom is -0.00403 e. The second-order valence-electron chi connectivity index (χ2n) is 4.04. The van der Waals surface area contributed by atoms with E-state index in [0.29, 0.717) is 0 Å². The van der Waals surface area contributed by atoms with E-state index >= 15 is 0 Å². The minimum atomic E-state index is 0.253. The molecule has 1 heteroatoms. The number of hydrogen-bond donors (Lipinski definition) is 0. The lowest BCUT2D eigenvalue weighted by Gasteiger charge is -2.25. The highest BCUT2D eigenvalue weighted by atomic mass is 32.1. The number of hydrogen-bond acceptors (Lipinski definition) is 1. The van der Waals surface area contributed by atoms with Gasteiger partial charge in [0.15, 0.2) is 0 Å². The first-order valence-electron chi connectivity index (χ1n) is 3.87. The highest BCUT2D eigenvalue weighted by Crippen LogP contribution is 2.26. The van der Waals surface area contributed by atoms with E-state index in [1.807, 2.05) is 6.92 Å². The van der Waals surface area contributed by atoms with Crippen LogP contribution in [0.1, 0.15) is 41.0 Å². The van der Waals surface area contributed by atoms with E-state index in [1.54, 1.807) is 0 Å². The quantitative estimate of drug-likeness (QED) is 0.567. The van der Waals surface area contributed by atoms with Gasteiger partial charge in [0.05, 0.1) is 0 Å². The average molecular weight is 158 g/mol. The first-order valence-corrected chi connectivity index (χ1v) is 4.28. The maximum absolute atomic E-state index is 5.15. The Morgan fingerprint density at radius 1 is 1.40 bits per heavy atom. The predicted molar refractivity (Wildman–Crippen MR) is 51.5 cm³/mol. The van der Waals surface area contributed by atoms with E-state index in [4.69, 9.17) is 12.2 Å². The predicted octanol–water partition coefficient (Wildman–Crippen LogP) is 3.45. The van der Waals surface area contributed by atoms with E-state index in [0.717, 1.165) is 10.8 Å². The molecule has 0 radical (unpaired) electrons. The van der Waals surface area contributed by atoms with Gasteiger partial charge in [-0.3, -0.25) is 0 Å². The lowest BCUT2D eigenvalue weighted by atomic mass is 9.82. The summed E-state index contributed by atoms with van der Waals surface area (Å²) in [4.78, 5) is 1.13. The number of rotatable bonds is 3. The Balaban J connectivity index is 4.00. The molecule has 0 aromatic rings. The van der Waals surface area contributed by atoms with Crippen molar-refractivity contribution in [3.8, 4) is 0 Å². The van der Waals surface area contributed by atoms with Crippen LogP contribution in [0, 0.1) is 11.3 Å². The number of thiocarbonyl (C=S) groups is 1. The standard InChI is InChI=1S/C9H18S/c1-7(2)6-9(4,5)8(3)10/h7H,6H2,1-5H3. The summed E-state index contributed by atoms with van der Waals surface area (Å²) >= 11 is 5.15. The van der Waals surface area contributed by atoms with Gasteiger partial charge in [0.2, 0.25) is 0 Å². The van der Waals surface area contributed by atoms with Crippen molar-refractivity contribution in [3.63, 3.8) is 0 Å². The molecule has 0 aromatic heterocycles. The Morgan fingerprint density at radius 3 is 1.90 bits per heavy atom. The van der Waals surface area contributed by atoms with Crippen LogP contribution in [0.5, 0.6) is 0 Å². The summed E-state index contributed by atoms with van der Waals surface area (Å²) in [6.45, 7) is 10.9. The van der Waals surface area contributed by atoms with Crippen LogP contribution in [0.2, 0.25) is 0 Å². The largest absolute Gasteiger partial charge is 0.0894 e. The van der Waals surface area contributed by atoms with Crippen molar-refractivity contribution >= 4 is 17.1 Å². The monoisotopic (exact) mass is 158 g/mol. The van der Waals surface area contributed by atoms with Crippen molar-refractivity contribution in [1.82, 2.24) is 0 Å². The minimum Gasteiger partial charge on any atom is -0.0894 e. The minimum absolute atomic E-state index is 0.253. The molecule has 0 atom stereocenters. The average Bonchev–Trinajstić information content (AvgIpc) is 1.60. The molecule has 10 heavy (non-hydrogen) atoms. The second kappa shape index (κ2) is 3.47. The third-order valence-corrected chi connectivity index (χ3v) is 2.42. The summed E-state index contributed by atoms with van der Waals surface area (Å²) in [5.74, 6) is 0.743. The lowest BCUT2D eigenvalue weighted by molar-refractivity contribution is 0.397. The van der Waals surface area contributed by atoms with Gasteiger partial charge in [-0.2, -0.15) is 0 Å². The van der Waals surface area contributed by atoms with Gasteiger partial charge >= 0.3 is 0 Å². The molecular weight excluding hydrogens is 140 g/mol. The molecule has 0 N–H and O–H groups in total. The molecule has 0 aliphatic carbocycles. The molecule has 0 rings (SSSR count). The Labute approximate surface area is 70.0 Å². The summed E-state index contributed by atoms with van der Waals surface area (Å²) in [5.41, 5.74) is 0.253. The van der Waals surface area contributed by atoms with Crippen molar-refractivity contribution in [3.05, 3.63) is 0 Å².